The molecule has 0 aliphatic carbocycles. The lowest BCUT2D eigenvalue weighted by Crippen LogP contribution is -1.90. The van der Waals surface area contributed by atoms with E-state index in [1.54, 1.807) is 11.3 Å². The fourth-order valence-electron chi connectivity index (χ4n) is 2.17. The van der Waals surface area contributed by atoms with Crippen LogP contribution in [-0.4, -0.2) is 9.55 Å². The molecule has 4 heteroatoms. The zero-order valence-corrected chi connectivity index (χ0v) is 11.7. The average molecular weight is 267 g/mol. The Morgan fingerprint density at radius 1 is 1.32 bits per heavy atom. The van der Waals surface area contributed by atoms with Gasteiger partial charge in [-0.3, -0.25) is 0 Å². The van der Waals surface area contributed by atoms with E-state index >= 15 is 0 Å². The van der Waals surface area contributed by atoms with Crippen LogP contribution in [-0.2, 0) is 13.5 Å². The Labute approximate surface area is 115 Å². The molecule has 0 N–H and O–H groups in total. The van der Waals surface area contributed by atoms with E-state index in [9.17, 15) is 0 Å². The lowest BCUT2D eigenvalue weighted by Gasteiger charge is -1.99. The molecule has 3 aromatic rings. The Hall–Kier alpha value is -2.12. The third-order valence-electron chi connectivity index (χ3n) is 3.24. The average Bonchev–Trinajstić information content (AvgIpc) is 3.03. The molecule has 0 aliphatic rings. The smallest absolute Gasteiger partial charge is 0.150 e. The first kappa shape index (κ1) is 11.9. The molecule has 0 amide bonds. The minimum atomic E-state index is 0.669. The van der Waals surface area contributed by atoms with Crippen molar-refractivity contribution in [3.8, 4) is 16.8 Å². The fourth-order valence-corrected chi connectivity index (χ4v) is 3.14. The third-order valence-corrected chi connectivity index (χ3v) is 4.47. The Kier molecular flexibility index (Phi) is 2.84. The molecule has 19 heavy (non-hydrogen) atoms. The second-order valence-electron chi connectivity index (χ2n) is 4.43. The molecule has 3 nitrogen and oxygen atoms in total. The van der Waals surface area contributed by atoms with Gasteiger partial charge in [0.25, 0.3) is 0 Å². The van der Waals surface area contributed by atoms with Crippen LogP contribution in [0.4, 0.5) is 0 Å². The first-order valence-corrected chi connectivity index (χ1v) is 7.00. The quantitative estimate of drug-likeness (QED) is 0.709. The highest BCUT2D eigenvalue weighted by molar-refractivity contribution is 7.15. The molecule has 2 aromatic heterocycles. The summed E-state index contributed by atoms with van der Waals surface area (Å²) in [4.78, 5) is 7.21. The molecule has 0 saturated carbocycles. The van der Waals surface area contributed by atoms with Crippen molar-refractivity contribution in [3.63, 3.8) is 0 Å². The van der Waals surface area contributed by atoms with Crippen LogP contribution in [0.3, 0.4) is 0 Å². The molecule has 94 valence electrons. The van der Waals surface area contributed by atoms with E-state index in [2.05, 4.69) is 34.7 Å². The monoisotopic (exact) mass is 267 g/mol. The van der Waals surface area contributed by atoms with Gasteiger partial charge in [-0.2, -0.15) is 5.26 Å². The number of nitrogens with zero attached hydrogens (tertiary/aromatic N) is 3. The predicted octanol–water partition coefficient (Wildman–Crippen LogP) is 3.74. The standard InChI is InChI=1S/C15H13N3S/c1-3-11-5-7-14(19-11)15-17-12-6-4-10(9-16)8-13(12)18(15)2/h4-8H,3H2,1-2H3. The van der Waals surface area contributed by atoms with E-state index in [0.717, 1.165) is 23.3 Å². The summed E-state index contributed by atoms with van der Waals surface area (Å²) in [6.07, 6.45) is 1.05. The summed E-state index contributed by atoms with van der Waals surface area (Å²) in [5, 5.41) is 8.97. The molecule has 0 saturated heterocycles. The maximum absolute atomic E-state index is 8.97. The number of imidazole rings is 1. The molecule has 0 radical (unpaired) electrons. The summed E-state index contributed by atoms with van der Waals surface area (Å²) in [6, 6.07) is 12.1. The predicted molar refractivity (Wildman–Crippen MR) is 78.1 cm³/mol. The number of hydrogen-bond acceptors (Lipinski definition) is 3. The molecular formula is C15H13N3S. The molecule has 2 heterocycles. The number of rotatable bonds is 2. The van der Waals surface area contributed by atoms with Crippen LogP contribution in [0.5, 0.6) is 0 Å². The van der Waals surface area contributed by atoms with Gasteiger partial charge in [0.05, 0.1) is 27.5 Å². The van der Waals surface area contributed by atoms with Gasteiger partial charge in [-0.05, 0) is 36.8 Å². The van der Waals surface area contributed by atoms with Crippen molar-refractivity contribution >= 4 is 22.4 Å². The lowest BCUT2D eigenvalue weighted by molar-refractivity contribution is 0.963. The van der Waals surface area contributed by atoms with E-state index in [1.165, 1.54) is 9.75 Å². The van der Waals surface area contributed by atoms with Gasteiger partial charge in [0.15, 0.2) is 5.82 Å². The van der Waals surface area contributed by atoms with Crippen molar-refractivity contribution < 1.29 is 0 Å². The van der Waals surface area contributed by atoms with E-state index in [4.69, 9.17) is 5.26 Å². The van der Waals surface area contributed by atoms with Gasteiger partial charge in [-0.15, -0.1) is 11.3 Å². The maximum atomic E-state index is 8.97. The summed E-state index contributed by atoms with van der Waals surface area (Å²) < 4.78 is 2.06. The summed E-state index contributed by atoms with van der Waals surface area (Å²) in [7, 11) is 2.00. The van der Waals surface area contributed by atoms with Gasteiger partial charge in [-0.1, -0.05) is 6.92 Å². The van der Waals surface area contributed by atoms with Crippen LogP contribution in [0, 0.1) is 11.3 Å². The minimum absolute atomic E-state index is 0.669. The van der Waals surface area contributed by atoms with Gasteiger partial charge in [0.2, 0.25) is 0 Å². The van der Waals surface area contributed by atoms with Crippen molar-refractivity contribution in [1.82, 2.24) is 9.55 Å². The molecule has 0 bridgehead atoms. The number of aromatic nitrogens is 2. The van der Waals surface area contributed by atoms with E-state index in [0.29, 0.717) is 5.56 Å². The SMILES string of the molecule is CCc1ccc(-c2nc3ccc(C#N)cc3n2C)s1. The van der Waals surface area contributed by atoms with Gasteiger partial charge < -0.3 is 4.57 Å². The molecule has 0 atom stereocenters. The number of hydrogen-bond donors (Lipinski definition) is 0. The van der Waals surface area contributed by atoms with Crippen molar-refractivity contribution in [3.05, 3.63) is 40.8 Å². The highest BCUT2D eigenvalue weighted by Gasteiger charge is 2.12. The van der Waals surface area contributed by atoms with Crippen LogP contribution < -0.4 is 0 Å². The van der Waals surface area contributed by atoms with Crippen molar-refractivity contribution in [2.24, 2.45) is 7.05 Å². The molecule has 0 spiro atoms. The second-order valence-corrected chi connectivity index (χ2v) is 5.60. The summed E-state index contributed by atoms with van der Waals surface area (Å²) in [5.74, 6) is 0.967. The third kappa shape index (κ3) is 1.92. The van der Waals surface area contributed by atoms with Crippen molar-refractivity contribution in [2.75, 3.05) is 0 Å². The number of fused-ring (bicyclic) bond motifs is 1. The number of nitriles is 1. The Balaban J connectivity index is 2.19. The number of thiophene rings is 1. The van der Waals surface area contributed by atoms with Crippen LogP contribution in [0.1, 0.15) is 17.4 Å². The van der Waals surface area contributed by atoms with Crippen molar-refractivity contribution in [2.45, 2.75) is 13.3 Å². The van der Waals surface area contributed by atoms with Crippen molar-refractivity contribution in [1.29, 1.82) is 5.26 Å². The highest BCUT2D eigenvalue weighted by Crippen LogP contribution is 2.30. The first-order chi connectivity index (χ1) is 9.22. The number of aryl methyl sites for hydroxylation is 2. The van der Waals surface area contributed by atoms with E-state index in [-0.39, 0.29) is 0 Å². The van der Waals surface area contributed by atoms with Crippen LogP contribution in [0.25, 0.3) is 21.7 Å². The van der Waals surface area contributed by atoms with Gasteiger partial charge in [0, 0.05) is 11.9 Å². The summed E-state index contributed by atoms with van der Waals surface area (Å²) in [5.41, 5.74) is 2.60. The van der Waals surface area contributed by atoms with Crippen LogP contribution >= 0.6 is 11.3 Å². The highest BCUT2D eigenvalue weighted by atomic mass is 32.1. The lowest BCUT2D eigenvalue weighted by atomic mass is 10.2. The fraction of sp³-hybridized carbons (Fsp3) is 0.200. The van der Waals surface area contributed by atoms with Crippen LogP contribution in [0.2, 0.25) is 0 Å². The molecule has 3 rings (SSSR count). The molecule has 1 aromatic carbocycles. The molecular weight excluding hydrogens is 254 g/mol. The van der Waals surface area contributed by atoms with E-state index in [1.807, 2.05) is 25.2 Å². The summed E-state index contributed by atoms with van der Waals surface area (Å²) in [6.45, 7) is 2.16. The number of benzene rings is 1. The maximum Gasteiger partial charge on any atom is 0.150 e. The topological polar surface area (TPSA) is 41.6 Å². The Morgan fingerprint density at radius 2 is 2.16 bits per heavy atom. The van der Waals surface area contributed by atoms with Gasteiger partial charge in [0.1, 0.15) is 0 Å². The Morgan fingerprint density at radius 3 is 2.84 bits per heavy atom. The normalized spacial score (nSPS) is 10.8. The minimum Gasteiger partial charge on any atom is -0.326 e. The van der Waals surface area contributed by atoms with E-state index < -0.39 is 0 Å². The van der Waals surface area contributed by atoms with Gasteiger partial charge >= 0.3 is 0 Å². The molecule has 0 aliphatic heterocycles. The molecule has 0 fully saturated rings. The molecule has 0 unspecified atom stereocenters. The zero-order chi connectivity index (χ0) is 13.4. The second kappa shape index (κ2) is 4.52. The van der Waals surface area contributed by atoms with Gasteiger partial charge in [-0.25, -0.2) is 4.98 Å². The van der Waals surface area contributed by atoms with Crippen LogP contribution in [0.15, 0.2) is 30.3 Å². The first-order valence-electron chi connectivity index (χ1n) is 6.18. The largest absolute Gasteiger partial charge is 0.326 e. The zero-order valence-electron chi connectivity index (χ0n) is 10.8. The Bertz CT molecular complexity index is 789. The summed E-state index contributed by atoms with van der Waals surface area (Å²) >= 11 is 1.78.